The van der Waals surface area contributed by atoms with Crippen molar-refractivity contribution in [3.63, 3.8) is 0 Å². The highest BCUT2D eigenvalue weighted by Crippen LogP contribution is 2.38. The molecule has 0 aliphatic heterocycles. The van der Waals surface area contributed by atoms with E-state index in [4.69, 9.17) is 4.74 Å². The minimum Gasteiger partial charge on any atom is -0.506 e. The van der Waals surface area contributed by atoms with Gasteiger partial charge < -0.3 is 24.4 Å². The topological polar surface area (TPSA) is 159 Å². The minimum absolute atomic E-state index is 0.0170. The van der Waals surface area contributed by atoms with Gasteiger partial charge in [0.1, 0.15) is 17.6 Å². The van der Waals surface area contributed by atoms with E-state index in [0.29, 0.717) is 0 Å². The first-order valence-corrected chi connectivity index (χ1v) is 8.51. The third-order valence-electron chi connectivity index (χ3n) is 4.32. The van der Waals surface area contributed by atoms with E-state index in [-0.39, 0.29) is 23.4 Å². The Balaban J connectivity index is 2.48. The predicted octanol–water partition coefficient (Wildman–Crippen LogP) is 1.60. The molecule has 11 nitrogen and oxygen atoms in total. The predicted molar refractivity (Wildman–Crippen MR) is 105 cm³/mol. The van der Waals surface area contributed by atoms with Gasteiger partial charge in [-0.05, 0) is 6.07 Å². The number of aromatic hydroxyl groups is 1. The van der Waals surface area contributed by atoms with E-state index >= 15 is 0 Å². The number of hydrogen-bond donors (Lipinski definition) is 2. The van der Waals surface area contributed by atoms with Crippen LogP contribution in [0.4, 0.5) is 10.1 Å². The number of halogens is 1. The first kappa shape index (κ1) is 22.9. The summed E-state index contributed by atoms with van der Waals surface area (Å²) in [6.45, 7) is -0.337. The Bertz CT molecular complexity index is 1200. The van der Waals surface area contributed by atoms with Crippen LogP contribution in [0.3, 0.4) is 0 Å². The summed E-state index contributed by atoms with van der Waals surface area (Å²) in [6, 6.07) is 4.04. The summed E-state index contributed by atoms with van der Waals surface area (Å²) in [7, 11) is 3.75. The average Bonchev–Trinajstić information content (AvgIpc) is 2.72. The molecule has 162 valence electrons. The number of carbonyl (C=O) groups excluding carboxylic acids is 1. The van der Waals surface area contributed by atoms with Crippen LogP contribution in [0.1, 0.15) is 11.1 Å². The van der Waals surface area contributed by atoms with Crippen LogP contribution in [0.2, 0.25) is 0 Å². The fraction of sp³-hybridized carbons (Fsp3) is 0.211. The number of benzene rings is 1. The van der Waals surface area contributed by atoms with Gasteiger partial charge in [-0.1, -0.05) is 0 Å². The molecule has 1 aromatic heterocycles. The summed E-state index contributed by atoms with van der Waals surface area (Å²) in [5.41, 5.74) is -2.53. The van der Waals surface area contributed by atoms with E-state index in [1.165, 1.54) is 26.4 Å². The highest BCUT2D eigenvalue weighted by molar-refractivity contribution is 6.03. The van der Waals surface area contributed by atoms with Crippen LogP contribution in [-0.4, -0.2) is 44.7 Å². The van der Waals surface area contributed by atoms with E-state index in [1.807, 2.05) is 0 Å². The Labute approximate surface area is 174 Å². The second kappa shape index (κ2) is 8.95. The highest BCUT2D eigenvalue weighted by atomic mass is 19.1. The molecule has 2 aromatic rings. The number of amides is 1. The lowest BCUT2D eigenvalue weighted by molar-refractivity contribution is -0.386. The maximum atomic E-state index is 14.0. The number of aryl methyl sites for hydroxylation is 1. The van der Waals surface area contributed by atoms with Gasteiger partial charge in [0.15, 0.2) is 11.3 Å². The number of phenolic OH excluding ortho intramolecular Hbond substituents is 1. The standard InChI is InChI=1S/C19H17FN4O7/c1-22-8-11(13(20)6-16(22)25)9-23(2)19(28)12(7-21)17(26)10-4-14(24(29)30)18(27)15(5-10)31-3/h4-6,8,26-27H,9H2,1-3H3/b17-12-. The quantitative estimate of drug-likeness (QED) is 0.229. The van der Waals surface area contributed by atoms with E-state index < -0.39 is 45.0 Å². The molecular formula is C19H17FN4O7. The molecule has 12 heteroatoms. The van der Waals surface area contributed by atoms with Crippen LogP contribution < -0.4 is 10.3 Å². The Morgan fingerprint density at radius 3 is 2.61 bits per heavy atom. The van der Waals surface area contributed by atoms with Crippen molar-refractivity contribution in [1.82, 2.24) is 9.47 Å². The molecule has 0 spiro atoms. The third kappa shape index (κ3) is 4.61. The molecule has 0 bridgehead atoms. The molecule has 1 aromatic carbocycles. The zero-order valence-electron chi connectivity index (χ0n) is 16.6. The number of pyridine rings is 1. The molecule has 2 rings (SSSR count). The summed E-state index contributed by atoms with van der Waals surface area (Å²) >= 11 is 0. The fourth-order valence-electron chi connectivity index (χ4n) is 2.67. The normalized spacial score (nSPS) is 11.3. The summed E-state index contributed by atoms with van der Waals surface area (Å²) in [5.74, 6) is -3.92. The van der Waals surface area contributed by atoms with Crippen molar-refractivity contribution >= 4 is 17.4 Å². The molecule has 0 atom stereocenters. The Hall–Kier alpha value is -4.40. The van der Waals surface area contributed by atoms with Crippen LogP contribution >= 0.6 is 0 Å². The van der Waals surface area contributed by atoms with E-state index in [1.54, 1.807) is 0 Å². The largest absolute Gasteiger partial charge is 0.506 e. The van der Waals surface area contributed by atoms with Crippen LogP contribution in [0.15, 0.2) is 34.8 Å². The van der Waals surface area contributed by atoms with Crippen molar-refractivity contribution in [2.75, 3.05) is 14.2 Å². The van der Waals surface area contributed by atoms with E-state index in [2.05, 4.69) is 0 Å². The molecule has 0 aliphatic carbocycles. The number of nitro benzene ring substituents is 1. The number of methoxy groups -OCH3 is 1. The number of hydrogen-bond acceptors (Lipinski definition) is 8. The Morgan fingerprint density at radius 2 is 2.06 bits per heavy atom. The van der Waals surface area contributed by atoms with Crippen molar-refractivity contribution in [3.8, 4) is 17.6 Å². The molecule has 0 fully saturated rings. The number of ether oxygens (including phenoxy) is 1. The monoisotopic (exact) mass is 432 g/mol. The second-order valence-corrected chi connectivity index (χ2v) is 6.40. The molecule has 0 unspecified atom stereocenters. The lowest BCUT2D eigenvalue weighted by Gasteiger charge is -2.18. The molecule has 1 heterocycles. The van der Waals surface area contributed by atoms with E-state index in [0.717, 1.165) is 34.8 Å². The first-order valence-electron chi connectivity index (χ1n) is 8.51. The van der Waals surface area contributed by atoms with Crippen molar-refractivity contribution in [2.24, 2.45) is 7.05 Å². The van der Waals surface area contributed by atoms with Gasteiger partial charge in [-0.15, -0.1) is 0 Å². The lowest BCUT2D eigenvalue weighted by Crippen LogP contribution is -2.29. The number of aliphatic hydroxyl groups excluding tert-OH is 1. The van der Waals surface area contributed by atoms with Gasteiger partial charge >= 0.3 is 5.69 Å². The number of nitro groups is 1. The molecule has 0 aliphatic rings. The number of aromatic nitrogens is 1. The maximum absolute atomic E-state index is 14.0. The maximum Gasteiger partial charge on any atom is 0.315 e. The number of likely N-dealkylation sites (N-methyl/N-ethyl adjacent to an activating group) is 1. The average molecular weight is 432 g/mol. The lowest BCUT2D eigenvalue weighted by atomic mass is 10.1. The Kier molecular flexibility index (Phi) is 6.61. The molecule has 1 amide bonds. The zero-order chi connectivity index (χ0) is 23.5. The number of rotatable bonds is 6. The fourth-order valence-corrected chi connectivity index (χ4v) is 2.67. The number of nitriles is 1. The van der Waals surface area contributed by atoms with Gasteiger partial charge in [0.05, 0.1) is 12.0 Å². The molecule has 0 radical (unpaired) electrons. The molecule has 0 saturated heterocycles. The Morgan fingerprint density at radius 1 is 1.42 bits per heavy atom. The number of nitrogens with zero attached hydrogens (tertiary/aromatic N) is 4. The summed E-state index contributed by atoms with van der Waals surface area (Å²) in [4.78, 5) is 35.2. The molecule has 2 N–H and O–H groups in total. The minimum atomic E-state index is -1.01. The van der Waals surface area contributed by atoms with Crippen LogP contribution in [-0.2, 0) is 18.4 Å². The SMILES string of the molecule is COc1cc(/C(O)=C(\C#N)C(=O)N(C)Cc2cn(C)c(=O)cc2F)cc([N+](=O)[O-])c1O. The zero-order valence-corrected chi connectivity index (χ0v) is 16.6. The number of phenols is 1. The van der Waals surface area contributed by atoms with Crippen LogP contribution in [0.25, 0.3) is 5.76 Å². The van der Waals surface area contributed by atoms with Crippen molar-refractivity contribution in [2.45, 2.75) is 6.54 Å². The van der Waals surface area contributed by atoms with Gasteiger partial charge in [0.2, 0.25) is 5.75 Å². The summed E-state index contributed by atoms with van der Waals surface area (Å²) in [6.07, 6.45) is 1.19. The van der Waals surface area contributed by atoms with Gasteiger partial charge in [-0.2, -0.15) is 5.26 Å². The van der Waals surface area contributed by atoms with E-state index in [9.17, 15) is 39.6 Å². The van der Waals surface area contributed by atoms with Crippen LogP contribution in [0.5, 0.6) is 11.5 Å². The third-order valence-corrected chi connectivity index (χ3v) is 4.32. The summed E-state index contributed by atoms with van der Waals surface area (Å²) < 4.78 is 20.0. The smallest absolute Gasteiger partial charge is 0.315 e. The van der Waals surface area contributed by atoms with Gasteiger partial charge in [0, 0.05) is 50.1 Å². The van der Waals surface area contributed by atoms with Crippen LogP contribution in [0, 0.1) is 27.3 Å². The number of aliphatic hydroxyl groups is 1. The van der Waals surface area contributed by atoms with Gasteiger partial charge in [0.25, 0.3) is 11.5 Å². The first-order chi connectivity index (χ1) is 14.5. The second-order valence-electron chi connectivity index (χ2n) is 6.40. The number of carbonyl (C=O) groups is 1. The highest BCUT2D eigenvalue weighted by Gasteiger charge is 2.26. The van der Waals surface area contributed by atoms with Gasteiger partial charge in [-0.25, -0.2) is 4.39 Å². The van der Waals surface area contributed by atoms with Gasteiger partial charge in [-0.3, -0.25) is 19.7 Å². The molecular weight excluding hydrogens is 415 g/mol. The molecule has 0 saturated carbocycles. The van der Waals surface area contributed by atoms with Crippen molar-refractivity contribution < 1.29 is 29.1 Å². The van der Waals surface area contributed by atoms with Crippen molar-refractivity contribution in [3.05, 3.63) is 67.4 Å². The molecule has 31 heavy (non-hydrogen) atoms. The summed E-state index contributed by atoms with van der Waals surface area (Å²) in [5, 5.41) is 40.8. The van der Waals surface area contributed by atoms with Crippen molar-refractivity contribution in [1.29, 1.82) is 5.26 Å².